The molecule has 0 saturated carbocycles. The highest BCUT2D eigenvalue weighted by Crippen LogP contribution is 2.21. The molecule has 0 bridgehead atoms. The van der Waals surface area contributed by atoms with Gasteiger partial charge >= 0.3 is 6.09 Å². The molecule has 2 unspecified atom stereocenters. The van der Waals surface area contributed by atoms with Crippen LogP contribution < -0.4 is 5.73 Å². The van der Waals surface area contributed by atoms with Crippen LogP contribution >= 0.6 is 0 Å². The fraction of sp³-hybridized carbons (Fsp3) is 0.786. The highest BCUT2D eigenvalue weighted by molar-refractivity contribution is 5.69. The normalized spacial score (nSPS) is 23.2. The number of carbonyl (C=O) groups excluding carboxylic acids is 1. The number of amides is 1. The maximum absolute atomic E-state index is 12.1. The minimum Gasteiger partial charge on any atom is -0.444 e. The monoisotopic (exact) mass is 254 g/mol. The molecular formula is C14H26N2O2. The number of piperidine rings is 1. The Hall–Kier alpha value is -1.03. The fourth-order valence-electron chi connectivity index (χ4n) is 2.01. The third kappa shape index (κ3) is 5.08. The first-order chi connectivity index (χ1) is 8.29. The van der Waals surface area contributed by atoms with Gasteiger partial charge in [0.15, 0.2) is 0 Å². The number of hydrogen-bond acceptors (Lipinski definition) is 3. The van der Waals surface area contributed by atoms with Crippen LogP contribution in [0.1, 0.15) is 47.0 Å². The van der Waals surface area contributed by atoms with Gasteiger partial charge in [-0.25, -0.2) is 4.79 Å². The van der Waals surface area contributed by atoms with E-state index in [9.17, 15) is 4.79 Å². The lowest BCUT2D eigenvalue weighted by Gasteiger charge is -2.35. The lowest BCUT2D eigenvalue weighted by atomic mass is 10.0. The van der Waals surface area contributed by atoms with Crippen molar-refractivity contribution in [2.75, 3.05) is 6.54 Å². The minimum absolute atomic E-state index is 0.0208. The second kappa shape index (κ2) is 6.23. The van der Waals surface area contributed by atoms with E-state index < -0.39 is 5.60 Å². The second-order valence-electron chi connectivity index (χ2n) is 5.98. The number of hydrogen-bond donors (Lipinski definition) is 1. The zero-order valence-electron chi connectivity index (χ0n) is 12.0. The first-order valence-electron chi connectivity index (χ1n) is 6.73. The molecule has 18 heavy (non-hydrogen) atoms. The van der Waals surface area contributed by atoms with Gasteiger partial charge in [0.1, 0.15) is 5.60 Å². The fourth-order valence-corrected chi connectivity index (χ4v) is 2.01. The van der Waals surface area contributed by atoms with Crippen molar-refractivity contribution in [3.63, 3.8) is 0 Å². The molecule has 1 amide bonds. The molecule has 0 aliphatic carbocycles. The number of ether oxygens (including phenoxy) is 1. The molecule has 0 aromatic heterocycles. The molecule has 1 fully saturated rings. The molecule has 104 valence electrons. The van der Waals surface area contributed by atoms with Crippen LogP contribution in [0.15, 0.2) is 12.2 Å². The Kier molecular flexibility index (Phi) is 5.20. The molecule has 0 aromatic rings. The van der Waals surface area contributed by atoms with Gasteiger partial charge in [-0.05, 0) is 47.0 Å². The van der Waals surface area contributed by atoms with Gasteiger partial charge in [-0.3, -0.25) is 0 Å². The highest BCUT2D eigenvalue weighted by atomic mass is 16.6. The van der Waals surface area contributed by atoms with Crippen molar-refractivity contribution < 1.29 is 9.53 Å². The van der Waals surface area contributed by atoms with Crippen LogP contribution in [-0.2, 0) is 4.74 Å². The Morgan fingerprint density at radius 1 is 1.44 bits per heavy atom. The van der Waals surface area contributed by atoms with Crippen molar-refractivity contribution >= 4 is 6.09 Å². The van der Waals surface area contributed by atoms with Crippen LogP contribution in [0.5, 0.6) is 0 Å². The summed E-state index contributed by atoms with van der Waals surface area (Å²) in [6, 6.07) is 0.145. The van der Waals surface area contributed by atoms with Crippen molar-refractivity contribution in [2.24, 2.45) is 5.73 Å². The van der Waals surface area contributed by atoms with Crippen molar-refractivity contribution in [1.29, 1.82) is 0 Å². The van der Waals surface area contributed by atoms with Crippen molar-refractivity contribution in [2.45, 2.75) is 64.6 Å². The predicted octanol–water partition coefficient (Wildman–Crippen LogP) is 2.68. The molecule has 1 heterocycles. The zero-order valence-corrected chi connectivity index (χ0v) is 12.0. The highest BCUT2D eigenvalue weighted by Gasteiger charge is 2.28. The summed E-state index contributed by atoms with van der Waals surface area (Å²) >= 11 is 0. The van der Waals surface area contributed by atoms with Crippen molar-refractivity contribution in [1.82, 2.24) is 4.90 Å². The molecule has 1 rings (SSSR count). The molecule has 2 atom stereocenters. The number of carbonyl (C=O) groups is 1. The van der Waals surface area contributed by atoms with Gasteiger partial charge in [0.2, 0.25) is 0 Å². The summed E-state index contributed by atoms with van der Waals surface area (Å²) in [4.78, 5) is 13.9. The van der Waals surface area contributed by atoms with E-state index in [1.807, 2.05) is 44.7 Å². The summed E-state index contributed by atoms with van der Waals surface area (Å²) in [7, 11) is 0. The van der Waals surface area contributed by atoms with E-state index in [0.29, 0.717) is 0 Å². The molecule has 1 aliphatic rings. The third-order valence-electron chi connectivity index (χ3n) is 2.81. The summed E-state index contributed by atoms with van der Waals surface area (Å²) < 4.78 is 5.44. The molecule has 0 spiro atoms. The third-order valence-corrected chi connectivity index (χ3v) is 2.81. The van der Waals surface area contributed by atoms with Crippen LogP contribution in [0, 0.1) is 0 Å². The summed E-state index contributed by atoms with van der Waals surface area (Å²) in [5.74, 6) is 0. The summed E-state index contributed by atoms with van der Waals surface area (Å²) in [5, 5.41) is 0. The molecule has 2 N–H and O–H groups in total. The van der Waals surface area contributed by atoms with Gasteiger partial charge in [0, 0.05) is 12.6 Å². The zero-order chi connectivity index (χ0) is 13.8. The first-order valence-corrected chi connectivity index (χ1v) is 6.73. The topological polar surface area (TPSA) is 55.6 Å². The summed E-state index contributed by atoms with van der Waals surface area (Å²) in [5.41, 5.74) is 5.27. The van der Waals surface area contributed by atoms with Gasteiger partial charge in [0.05, 0.1) is 6.04 Å². The molecule has 1 aliphatic heterocycles. The van der Waals surface area contributed by atoms with E-state index in [0.717, 1.165) is 25.8 Å². The maximum atomic E-state index is 12.1. The predicted molar refractivity (Wildman–Crippen MR) is 73.4 cm³/mol. The Bertz CT molecular complexity index is 305. The van der Waals surface area contributed by atoms with Crippen LogP contribution in [0.25, 0.3) is 0 Å². The molecule has 4 heteroatoms. The standard InChI is InChI=1S/C14H26N2O2/c1-11(15)8-9-12-7-5-6-10-16(12)13(17)18-14(2,3)4/h8-9,11-12H,5-7,10,15H2,1-4H3/b9-8+. The lowest BCUT2D eigenvalue weighted by Crippen LogP contribution is -2.45. The summed E-state index contributed by atoms with van der Waals surface area (Å²) in [6.07, 6.45) is 6.94. The largest absolute Gasteiger partial charge is 0.444 e. The molecule has 4 nitrogen and oxygen atoms in total. The van der Waals surface area contributed by atoms with E-state index in [-0.39, 0.29) is 18.2 Å². The van der Waals surface area contributed by atoms with Gasteiger partial charge in [-0.15, -0.1) is 0 Å². The first kappa shape index (κ1) is 15.0. The number of likely N-dealkylation sites (tertiary alicyclic amines) is 1. The van der Waals surface area contributed by atoms with Gasteiger partial charge in [-0.2, -0.15) is 0 Å². The smallest absolute Gasteiger partial charge is 0.410 e. The average Bonchev–Trinajstić information content (AvgIpc) is 2.24. The van der Waals surface area contributed by atoms with Crippen LogP contribution in [0.3, 0.4) is 0 Å². The summed E-state index contributed by atoms with van der Waals surface area (Å²) in [6.45, 7) is 8.37. The number of nitrogens with zero attached hydrogens (tertiary/aromatic N) is 1. The van der Waals surface area contributed by atoms with Gasteiger partial charge < -0.3 is 15.4 Å². The quantitative estimate of drug-likeness (QED) is 0.771. The molecular weight excluding hydrogens is 228 g/mol. The van der Waals surface area contributed by atoms with Crippen LogP contribution in [0.4, 0.5) is 4.79 Å². The SMILES string of the molecule is CC(N)/C=C/C1CCCCN1C(=O)OC(C)(C)C. The van der Waals surface area contributed by atoms with Crippen molar-refractivity contribution in [3.8, 4) is 0 Å². The Labute approximate surface area is 110 Å². The minimum atomic E-state index is -0.441. The van der Waals surface area contributed by atoms with E-state index >= 15 is 0 Å². The maximum Gasteiger partial charge on any atom is 0.410 e. The van der Waals surface area contributed by atoms with E-state index in [4.69, 9.17) is 10.5 Å². The Morgan fingerprint density at radius 2 is 2.11 bits per heavy atom. The van der Waals surface area contributed by atoms with Crippen molar-refractivity contribution in [3.05, 3.63) is 12.2 Å². The second-order valence-corrected chi connectivity index (χ2v) is 5.98. The molecule has 0 radical (unpaired) electrons. The Morgan fingerprint density at radius 3 is 2.67 bits per heavy atom. The van der Waals surface area contributed by atoms with E-state index in [1.54, 1.807) is 0 Å². The van der Waals surface area contributed by atoms with Gasteiger partial charge in [0.25, 0.3) is 0 Å². The van der Waals surface area contributed by atoms with Crippen LogP contribution in [-0.4, -0.2) is 35.2 Å². The van der Waals surface area contributed by atoms with Gasteiger partial charge in [-0.1, -0.05) is 12.2 Å². The number of rotatable bonds is 2. The van der Waals surface area contributed by atoms with Crippen LogP contribution in [0.2, 0.25) is 0 Å². The van der Waals surface area contributed by atoms with E-state index in [2.05, 4.69) is 0 Å². The Balaban J connectivity index is 2.67. The lowest BCUT2D eigenvalue weighted by molar-refractivity contribution is 0.0149. The van der Waals surface area contributed by atoms with E-state index in [1.165, 1.54) is 0 Å². The molecule has 0 aromatic carbocycles. The number of nitrogens with two attached hydrogens (primary N) is 1. The molecule has 1 saturated heterocycles. The average molecular weight is 254 g/mol.